The highest BCUT2D eigenvalue weighted by atomic mass is 16.3. The number of benzene rings is 3. The number of para-hydroxylation sites is 1. The lowest BCUT2D eigenvalue weighted by molar-refractivity contribution is 0.547. The second-order valence-corrected chi connectivity index (χ2v) is 7.89. The summed E-state index contributed by atoms with van der Waals surface area (Å²) in [4.78, 5) is 0. The first-order valence-electron chi connectivity index (χ1n) is 9.82. The van der Waals surface area contributed by atoms with Crippen molar-refractivity contribution in [1.82, 2.24) is 0 Å². The molecule has 136 valence electrons. The molecule has 0 radical (unpaired) electrons. The van der Waals surface area contributed by atoms with E-state index in [-0.39, 0.29) is 0 Å². The van der Waals surface area contributed by atoms with Gasteiger partial charge in [0.2, 0.25) is 0 Å². The van der Waals surface area contributed by atoms with Gasteiger partial charge in [0.15, 0.2) is 0 Å². The fourth-order valence-corrected chi connectivity index (χ4v) is 4.50. The first kappa shape index (κ1) is 15.8. The van der Waals surface area contributed by atoms with Crippen LogP contribution in [-0.2, 0) is 6.42 Å². The van der Waals surface area contributed by atoms with Gasteiger partial charge in [-0.25, -0.2) is 0 Å². The highest BCUT2D eigenvalue weighted by Crippen LogP contribution is 2.40. The molecule has 0 bridgehead atoms. The Bertz CT molecular complexity index is 1430. The van der Waals surface area contributed by atoms with Crippen LogP contribution in [0.15, 0.2) is 63.4 Å². The standard InChI is InChI=1S/C26H20O2/c1-15-7-10-25-20(12-15)19-5-3-4-18(26(19)28-25)17-8-11-24-22(14-17)21-13-16(2)6-9-23(21)27-24/h3-7,9-10,12-14H,8,11H2,1-2H3. The molecule has 0 atom stereocenters. The lowest BCUT2D eigenvalue weighted by Gasteiger charge is -2.13. The van der Waals surface area contributed by atoms with Crippen LogP contribution in [0.4, 0.5) is 0 Å². The van der Waals surface area contributed by atoms with Crippen LogP contribution in [0, 0.1) is 13.8 Å². The third kappa shape index (κ3) is 2.21. The van der Waals surface area contributed by atoms with Gasteiger partial charge in [-0.05, 0) is 56.2 Å². The maximum absolute atomic E-state index is 6.30. The van der Waals surface area contributed by atoms with Gasteiger partial charge < -0.3 is 8.83 Å². The molecule has 0 N–H and O–H groups in total. The van der Waals surface area contributed by atoms with E-state index in [2.05, 4.69) is 74.5 Å². The van der Waals surface area contributed by atoms with Crippen LogP contribution >= 0.6 is 0 Å². The average Bonchev–Trinajstić information content (AvgIpc) is 3.25. The molecule has 6 rings (SSSR count). The molecule has 0 spiro atoms. The Balaban J connectivity index is 1.60. The molecule has 0 fully saturated rings. The second-order valence-electron chi connectivity index (χ2n) is 7.89. The predicted molar refractivity (Wildman–Crippen MR) is 116 cm³/mol. The van der Waals surface area contributed by atoms with Crippen molar-refractivity contribution in [2.75, 3.05) is 0 Å². The summed E-state index contributed by atoms with van der Waals surface area (Å²) in [6, 6.07) is 19.3. The SMILES string of the molecule is Cc1ccc2oc3c(c2c1)C=C(c1cccc2c1oc1ccc(C)cc12)CC3. The maximum atomic E-state index is 6.30. The molecule has 0 aliphatic heterocycles. The summed E-state index contributed by atoms with van der Waals surface area (Å²) in [6.45, 7) is 4.25. The molecule has 28 heavy (non-hydrogen) atoms. The number of allylic oxidation sites excluding steroid dienone is 1. The van der Waals surface area contributed by atoms with Crippen LogP contribution in [0.5, 0.6) is 0 Å². The molecule has 0 saturated carbocycles. The highest BCUT2D eigenvalue weighted by Gasteiger charge is 2.21. The first-order valence-corrected chi connectivity index (χ1v) is 9.82. The molecule has 3 aromatic carbocycles. The summed E-state index contributed by atoms with van der Waals surface area (Å²) in [7, 11) is 0. The molecule has 1 aliphatic carbocycles. The van der Waals surface area contributed by atoms with Crippen molar-refractivity contribution >= 4 is 44.6 Å². The van der Waals surface area contributed by atoms with E-state index >= 15 is 0 Å². The van der Waals surface area contributed by atoms with E-state index in [9.17, 15) is 0 Å². The van der Waals surface area contributed by atoms with E-state index in [0.717, 1.165) is 35.4 Å². The minimum absolute atomic E-state index is 0.921. The number of aryl methyl sites for hydroxylation is 3. The van der Waals surface area contributed by atoms with Crippen molar-refractivity contribution in [3.63, 3.8) is 0 Å². The van der Waals surface area contributed by atoms with E-state index in [4.69, 9.17) is 8.83 Å². The number of furan rings is 2. The summed E-state index contributed by atoms with van der Waals surface area (Å²) in [5, 5.41) is 3.59. The Labute approximate surface area is 163 Å². The van der Waals surface area contributed by atoms with Crippen molar-refractivity contribution < 1.29 is 8.83 Å². The lowest BCUT2D eigenvalue weighted by atomic mass is 9.90. The lowest BCUT2D eigenvalue weighted by Crippen LogP contribution is -1.96. The zero-order chi connectivity index (χ0) is 18.8. The van der Waals surface area contributed by atoms with Crippen LogP contribution in [0.1, 0.15) is 34.4 Å². The fourth-order valence-electron chi connectivity index (χ4n) is 4.50. The van der Waals surface area contributed by atoms with Crippen molar-refractivity contribution in [2.24, 2.45) is 0 Å². The fraction of sp³-hybridized carbons (Fsp3) is 0.154. The largest absolute Gasteiger partial charge is 0.460 e. The van der Waals surface area contributed by atoms with Crippen molar-refractivity contribution in [3.8, 4) is 0 Å². The molecule has 0 saturated heterocycles. The number of fused-ring (bicyclic) bond motifs is 6. The molecule has 2 nitrogen and oxygen atoms in total. The van der Waals surface area contributed by atoms with Crippen molar-refractivity contribution in [2.45, 2.75) is 26.7 Å². The minimum Gasteiger partial charge on any atom is -0.460 e. The molecule has 2 heterocycles. The Kier molecular flexibility index (Phi) is 3.16. The second kappa shape index (κ2) is 5.62. The quantitative estimate of drug-likeness (QED) is 0.309. The Morgan fingerprint density at radius 2 is 1.46 bits per heavy atom. The van der Waals surface area contributed by atoms with Gasteiger partial charge in [0.1, 0.15) is 22.5 Å². The van der Waals surface area contributed by atoms with Gasteiger partial charge in [0, 0.05) is 33.7 Å². The van der Waals surface area contributed by atoms with Gasteiger partial charge in [-0.1, -0.05) is 41.5 Å². The molecule has 0 amide bonds. The van der Waals surface area contributed by atoms with Gasteiger partial charge in [-0.3, -0.25) is 0 Å². The third-order valence-corrected chi connectivity index (χ3v) is 5.90. The van der Waals surface area contributed by atoms with E-state index in [1.807, 2.05) is 0 Å². The zero-order valence-corrected chi connectivity index (χ0v) is 16.0. The molecular formula is C26H20O2. The highest BCUT2D eigenvalue weighted by molar-refractivity contribution is 6.10. The van der Waals surface area contributed by atoms with Gasteiger partial charge in [0.25, 0.3) is 0 Å². The Morgan fingerprint density at radius 1 is 0.714 bits per heavy atom. The summed E-state index contributed by atoms with van der Waals surface area (Å²) in [5.41, 5.74) is 9.16. The zero-order valence-electron chi connectivity index (χ0n) is 16.0. The minimum atomic E-state index is 0.921. The summed E-state index contributed by atoms with van der Waals surface area (Å²) < 4.78 is 12.4. The topological polar surface area (TPSA) is 26.3 Å². The van der Waals surface area contributed by atoms with Crippen LogP contribution in [-0.4, -0.2) is 0 Å². The summed E-state index contributed by atoms with van der Waals surface area (Å²) in [6.07, 6.45) is 4.18. The molecule has 2 heteroatoms. The number of rotatable bonds is 1. The monoisotopic (exact) mass is 364 g/mol. The molecule has 2 aromatic heterocycles. The summed E-state index contributed by atoms with van der Waals surface area (Å²) in [5.74, 6) is 1.09. The van der Waals surface area contributed by atoms with Crippen LogP contribution in [0.2, 0.25) is 0 Å². The molecule has 5 aromatic rings. The van der Waals surface area contributed by atoms with Gasteiger partial charge in [-0.15, -0.1) is 0 Å². The maximum Gasteiger partial charge on any atom is 0.142 e. The molecule has 0 unspecified atom stereocenters. The predicted octanol–water partition coefficient (Wildman–Crippen LogP) is 7.44. The van der Waals surface area contributed by atoms with E-state index in [0.29, 0.717) is 0 Å². The van der Waals surface area contributed by atoms with Crippen molar-refractivity contribution in [1.29, 1.82) is 0 Å². The Hall–Kier alpha value is -3.26. The Morgan fingerprint density at radius 3 is 2.29 bits per heavy atom. The first-order chi connectivity index (χ1) is 13.7. The van der Waals surface area contributed by atoms with E-state index in [1.54, 1.807) is 0 Å². The third-order valence-electron chi connectivity index (χ3n) is 5.90. The molecular weight excluding hydrogens is 344 g/mol. The normalized spacial score (nSPS) is 14.0. The van der Waals surface area contributed by atoms with Gasteiger partial charge in [-0.2, -0.15) is 0 Å². The smallest absolute Gasteiger partial charge is 0.142 e. The van der Waals surface area contributed by atoms with Gasteiger partial charge in [0.05, 0.1) is 0 Å². The van der Waals surface area contributed by atoms with Gasteiger partial charge >= 0.3 is 0 Å². The van der Waals surface area contributed by atoms with E-state index in [1.165, 1.54) is 44.0 Å². The number of hydrogen-bond acceptors (Lipinski definition) is 2. The van der Waals surface area contributed by atoms with E-state index < -0.39 is 0 Å². The summed E-state index contributed by atoms with van der Waals surface area (Å²) >= 11 is 0. The van der Waals surface area contributed by atoms with Crippen LogP contribution < -0.4 is 0 Å². The van der Waals surface area contributed by atoms with Crippen molar-refractivity contribution in [3.05, 3.63) is 82.6 Å². The van der Waals surface area contributed by atoms with Crippen LogP contribution in [0.25, 0.3) is 44.6 Å². The number of hydrogen-bond donors (Lipinski definition) is 0. The molecule has 1 aliphatic rings. The average molecular weight is 364 g/mol. The van der Waals surface area contributed by atoms with Crippen LogP contribution in [0.3, 0.4) is 0 Å².